The molecule has 0 bridgehead atoms. The normalized spacial score (nSPS) is 14.5. The van der Waals surface area contributed by atoms with E-state index < -0.39 is 0 Å². The van der Waals surface area contributed by atoms with Gasteiger partial charge in [-0.25, -0.2) is 9.97 Å². The van der Waals surface area contributed by atoms with E-state index in [0.29, 0.717) is 11.6 Å². The third-order valence-electron chi connectivity index (χ3n) is 4.43. The van der Waals surface area contributed by atoms with Gasteiger partial charge in [0.25, 0.3) is 5.91 Å². The van der Waals surface area contributed by atoms with Crippen molar-refractivity contribution in [2.75, 3.05) is 18.4 Å². The molecule has 5 heteroatoms. The van der Waals surface area contributed by atoms with Crippen LogP contribution in [0.25, 0.3) is 0 Å². The molecule has 1 aliphatic heterocycles. The molecule has 0 saturated carbocycles. The number of aryl methyl sites for hydroxylation is 3. The van der Waals surface area contributed by atoms with Crippen molar-refractivity contribution in [1.82, 2.24) is 14.9 Å². The van der Waals surface area contributed by atoms with Gasteiger partial charge in [0.1, 0.15) is 5.69 Å². The SMILES string of the molecule is Cc1cc(C)c(Nc2nccc(C(=O)N3CCCCC3)n2)c(C)c1. The highest BCUT2D eigenvalue weighted by Gasteiger charge is 2.19. The summed E-state index contributed by atoms with van der Waals surface area (Å²) in [5.74, 6) is 0.463. The number of anilines is 2. The molecule has 0 radical (unpaired) electrons. The van der Waals surface area contributed by atoms with Crippen LogP contribution < -0.4 is 5.32 Å². The number of aromatic nitrogens is 2. The van der Waals surface area contributed by atoms with Gasteiger partial charge in [-0.1, -0.05) is 17.7 Å². The Bertz CT molecular complexity index is 728. The molecule has 1 aromatic heterocycles. The van der Waals surface area contributed by atoms with Crippen molar-refractivity contribution >= 4 is 17.5 Å². The van der Waals surface area contributed by atoms with Crippen LogP contribution in [0, 0.1) is 20.8 Å². The van der Waals surface area contributed by atoms with Crippen LogP contribution in [0.4, 0.5) is 11.6 Å². The Morgan fingerprint density at radius 3 is 2.42 bits per heavy atom. The first-order chi connectivity index (χ1) is 11.5. The molecule has 2 heterocycles. The molecule has 1 saturated heterocycles. The Morgan fingerprint density at radius 2 is 1.75 bits per heavy atom. The van der Waals surface area contributed by atoms with Gasteiger partial charge in [-0.05, 0) is 57.2 Å². The minimum atomic E-state index is -0.00231. The fourth-order valence-corrected chi connectivity index (χ4v) is 3.29. The molecule has 0 spiro atoms. The van der Waals surface area contributed by atoms with Crippen LogP contribution in [-0.4, -0.2) is 33.9 Å². The van der Waals surface area contributed by atoms with Gasteiger partial charge >= 0.3 is 0 Å². The standard InChI is InChI=1S/C19H24N4O/c1-13-11-14(2)17(15(3)12-13)22-19-20-8-7-16(21-19)18(24)23-9-5-4-6-10-23/h7-8,11-12H,4-6,9-10H2,1-3H3,(H,20,21,22). The van der Waals surface area contributed by atoms with Crippen molar-refractivity contribution in [3.05, 3.63) is 46.8 Å². The number of benzene rings is 1. The highest BCUT2D eigenvalue weighted by Crippen LogP contribution is 2.24. The van der Waals surface area contributed by atoms with Crippen LogP contribution in [0.1, 0.15) is 46.4 Å². The van der Waals surface area contributed by atoms with Crippen LogP contribution in [0.2, 0.25) is 0 Å². The molecule has 0 atom stereocenters. The molecule has 1 aromatic carbocycles. The van der Waals surface area contributed by atoms with E-state index in [9.17, 15) is 4.79 Å². The molecular weight excluding hydrogens is 300 g/mol. The summed E-state index contributed by atoms with van der Waals surface area (Å²) in [4.78, 5) is 23.2. The first-order valence-electron chi connectivity index (χ1n) is 8.52. The minimum Gasteiger partial charge on any atom is -0.337 e. The van der Waals surface area contributed by atoms with E-state index in [4.69, 9.17) is 0 Å². The van der Waals surface area contributed by atoms with Gasteiger partial charge in [0, 0.05) is 25.0 Å². The highest BCUT2D eigenvalue weighted by atomic mass is 16.2. The number of likely N-dealkylation sites (tertiary alicyclic amines) is 1. The van der Waals surface area contributed by atoms with Gasteiger partial charge in [0.2, 0.25) is 5.95 Å². The lowest BCUT2D eigenvalue weighted by atomic mass is 10.1. The molecule has 2 aromatic rings. The maximum Gasteiger partial charge on any atom is 0.272 e. The lowest BCUT2D eigenvalue weighted by Gasteiger charge is -2.26. The van der Waals surface area contributed by atoms with E-state index in [-0.39, 0.29) is 5.91 Å². The Labute approximate surface area is 143 Å². The fraction of sp³-hybridized carbons (Fsp3) is 0.421. The third-order valence-corrected chi connectivity index (χ3v) is 4.43. The van der Waals surface area contributed by atoms with Crippen LogP contribution in [0.3, 0.4) is 0 Å². The molecule has 1 fully saturated rings. The van der Waals surface area contributed by atoms with Gasteiger partial charge in [-0.3, -0.25) is 4.79 Å². The zero-order valence-electron chi connectivity index (χ0n) is 14.6. The van der Waals surface area contributed by atoms with Gasteiger partial charge in [-0.15, -0.1) is 0 Å². The summed E-state index contributed by atoms with van der Waals surface area (Å²) >= 11 is 0. The van der Waals surface area contributed by atoms with Crippen molar-refractivity contribution in [2.45, 2.75) is 40.0 Å². The number of carbonyl (C=O) groups excluding carboxylic acids is 1. The Kier molecular flexibility index (Phi) is 4.79. The maximum atomic E-state index is 12.6. The van der Waals surface area contributed by atoms with Crippen LogP contribution >= 0.6 is 0 Å². The number of carbonyl (C=O) groups is 1. The average Bonchev–Trinajstić information content (AvgIpc) is 2.58. The molecule has 0 unspecified atom stereocenters. The molecule has 1 aliphatic rings. The summed E-state index contributed by atoms with van der Waals surface area (Å²) in [6.45, 7) is 7.85. The largest absolute Gasteiger partial charge is 0.337 e. The van der Waals surface area contributed by atoms with Crippen molar-refractivity contribution in [2.24, 2.45) is 0 Å². The third kappa shape index (κ3) is 3.55. The summed E-state index contributed by atoms with van der Waals surface area (Å²) in [5.41, 5.74) is 4.97. The van der Waals surface area contributed by atoms with Crippen LogP contribution in [0.5, 0.6) is 0 Å². The second-order valence-corrected chi connectivity index (χ2v) is 6.52. The van der Waals surface area contributed by atoms with E-state index in [2.05, 4.69) is 48.2 Å². The molecule has 1 N–H and O–H groups in total. The Balaban J connectivity index is 1.82. The van der Waals surface area contributed by atoms with E-state index >= 15 is 0 Å². The van der Waals surface area contributed by atoms with Gasteiger partial charge in [0.05, 0.1) is 0 Å². The van der Waals surface area contributed by atoms with E-state index in [1.165, 1.54) is 12.0 Å². The topological polar surface area (TPSA) is 58.1 Å². The zero-order valence-corrected chi connectivity index (χ0v) is 14.6. The van der Waals surface area contributed by atoms with Crippen LogP contribution in [-0.2, 0) is 0 Å². The number of hydrogen-bond acceptors (Lipinski definition) is 4. The number of rotatable bonds is 3. The average molecular weight is 324 g/mol. The first-order valence-corrected chi connectivity index (χ1v) is 8.52. The molecule has 126 valence electrons. The van der Waals surface area contributed by atoms with Gasteiger partial charge in [0.15, 0.2) is 0 Å². The second kappa shape index (κ2) is 6.99. The second-order valence-electron chi connectivity index (χ2n) is 6.52. The van der Waals surface area contributed by atoms with Gasteiger partial charge in [-0.2, -0.15) is 0 Å². The number of nitrogens with one attached hydrogen (secondary N) is 1. The summed E-state index contributed by atoms with van der Waals surface area (Å²) < 4.78 is 0. The molecule has 24 heavy (non-hydrogen) atoms. The summed E-state index contributed by atoms with van der Waals surface area (Å²) in [6.07, 6.45) is 4.99. The summed E-state index contributed by atoms with van der Waals surface area (Å²) in [7, 11) is 0. The monoisotopic (exact) mass is 324 g/mol. The zero-order chi connectivity index (χ0) is 17.1. The van der Waals surface area contributed by atoms with E-state index in [0.717, 1.165) is 42.7 Å². The smallest absolute Gasteiger partial charge is 0.272 e. The van der Waals surface area contributed by atoms with Gasteiger partial charge < -0.3 is 10.2 Å². The number of hydrogen-bond donors (Lipinski definition) is 1. The lowest BCUT2D eigenvalue weighted by molar-refractivity contribution is 0.0718. The molecule has 5 nitrogen and oxygen atoms in total. The number of piperidine rings is 1. The lowest BCUT2D eigenvalue weighted by Crippen LogP contribution is -2.36. The van der Waals surface area contributed by atoms with E-state index in [1.807, 2.05) is 4.90 Å². The highest BCUT2D eigenvalue weighted by molar-refractivity contribution is 5.92. The predicted octanol–water partition coefficient (Wildman–Crippen LogP) is 3.77. The van der Waals surface area contributed by atoms with Crippen molar-refractivity contribution < 1.29 is 4.79 Å². The van der Waals surface area contributed by atoms with Crippen molar-refractivity contribution in [1.29, 1.82) is 0 Å². The fourth-order valence-electron chi connectivity index (χ4n) is 3.29. The molecule has 0 aliphatic carbocycles. The number of amides is 1. The van der Waals surface area contributed by atoms with E-state index in [1.54, 1.807) is 12.3 Å². The minimum absolute atomic E-state index is 0.00231. The quantitative estimate of drug-likeness (QED) is 0.933. The molecular formula is C19H24N4O. The number of nitrogens with zero attached hydrogens (tertiary/aromatic N) is 3. The first kappa shape index (κ1) is 16.4. The predicted molar refractivity (Wildman–Crippen MR) is 95.7 cm³/mol. The Hall–Kier alpha value is -2.43. The summed E-state index contributed by atoms with van der Waals surface area (Å²) in [6, 6.07) is 5.94. The Morgan fingerprint density at radius 1 is 1.08 bits per heavy atom. The van der Waals surface area contributed by atoms with Crippen molar-refractivity contribution in [3.8, 4) is 0 Å². The molecule has 1 amide bonds. The van der Waals surface area contributed by atoms with Crippen LogP contribution in [0.15, 0.2) is 24.4 Å². The maximum absolute atomic E-state index is 12.6. The summed E-state index contributed by atoms with van der Waals surface area (Å²) in [5, 5.41) is 3.27. The molecule has 3 rings (SSSR count). The van der Waals surface area contributed by atoms with Crippen molar-refractivity contribution in [3.63, 3.8) is 0 Å².